The van der Waals surface area contributed by atoms with E-state index in [1.54, 1.807) is 12.1 Å². The van der Waals surface area contributed by atoms with Crippen LogP contribution in [0.3, 0.4) is 0 Å². The maximum Gasteiger partial charge on any atom is 0.416 e. The molecule has 6 heteroatoms. The highest BCUT2D eigenvalue weighted by atomic mass is 79.9. The van der Waals surface area contributed by atoms with Gasteiger partial charge < -0.3 is 5.32 Å². The van der Waals surface area contributed by atoms with Crippen LogP contribution in [-0.4, -0.2) is 12.5 Å². The molecule has 0 atom stereocenters. The minimum atomic E-state index is -4.37. The van der Waals surface area contributed by atoms with Gasteiger partial charge in [0, 0.05) is 17.9 Å². The second kappa shape index (κ2) is 6.04. The molecule has 0 heterocycles. The summed E-state index contributed by atoms with van der Waals surface area (Å²) in [5.74, 6) is -0.190. The van der Waals surface area contributed by atoms with E-state index in [0.717, 1.165) is 12.1 Å². The molecule has 0 aliphatic carbocycles. The largest absolute Gasteiger partial charge is 0.416 e. The van der Waals surface area contributed by atoms with Crippen LogP contribution in [0.1, 0.15) is 18.1 Å². The molecule has 0 aromatic heterocycles. The van der Waals surface area contributed by atoms with E-state index in [1.165, 1.54) is 13.0 Å². The molecule has 1 rings (SSSR count). The number of halogens is 4. The first-order valence-electron chi connectivity index (χ1n) is 5.08. The lowest BCUT2D eigenvalue weighted by Crippen LogP contribution is -2.19. The highest BCUT2D eigenvalue weighted by molar-refractivity contribution is 9.10. The first kappa shape index (κ1) is 14.8. The van der Waals surface area contributed by atoms with E-state index in [-0.39, 0.29) is 12.5 Å². The molecule has 0 unspecified atom stereocenters. The van der Waals surface area contributed by atoms with Gasteiger partial charge in [0.25, 0.3) is 0 Å². The van der Waals surface area contributed by atoms with Crippen LogP contribution >= 0.6 is 15.9 Å². The number of nitrogens with one attached hydrogen (secondary N) is 1. The number of amides is 1. The van der Waals surface area contributed by atoms with Gasteiger partial charge in [-0.05, 0) is 23.8 Å². The van der Waals surface area contributed by atoms with E-state index in [2.05, 4.69) is 21.2 Å². The van der Waals surface area contributed by atoms with Crippen molar-refractivity contribution < 1.29 is 18.0 Å². The third-order valence-electron chi connectivity index (χ3n) is 2.03. The van der Waals surface area contributed by atoms with Gasteiger partial charge in [-0.25, -0.2) is 0 Å². The second-order valence-corrected chi connectivity index (χ2v) is 4.53. The molecule has 1 N–H and O–H groups in total. The Morgan fingerprint density at radius 3 is 2.61 bits per heavy atom. The summed E-state index contributed by atoms with van der Waals surface area (Å²) in [6.07, 6.45) is -1.26. The van der Waals surface area contributed by atoms with Crippen molar-refractivity contribution in [2.24, 2.45) is 0 Å². The predicted octanol–water partition coefficient (Wildman–Crippen LogP) is 3.62. The molecule has 18 heavy (non-hydrogen) atoms. The molecule has 0 aliphatic heterocycles. The van der Waals surface area contributed by atoms with Crippen LogP contribution in [0.15, 0.2) is 28.7 Å². The third-order valence-corrected chi connectivity index (χ3v) is 2.48. The van der Waals surface area contributed by atoms with Crippen molar-refractivity contribution in [3.8, 4) is 0 Å². The molecule has 0 spiro atoms. The summed E-state index contributed by atoms with van der Waals surface area (Å²) in [4.78, 5) is 10.6. The van der Waals surface area contributed by atoms with Gasteiger partial charge in [-0.3, -0.25) is 4.79 Å². The number of hydrogen-bond donors (Lipinski definition) is 1. The fourth-order valence-electron chi connectivity index (χ4n) is 1.27. The van der Waals surface area contributed by atoms with E-state index in [1.807, 2.05) is 0 Å². The Morgan fingerprint density at radius 2 is 2.06 bits per heavy atom. The van der Waals surface area contributed by atoms with Gasteiger partial charge >= 0.3 is 6.18 Å². The van der Waals surface area contributed by atoms with Crippen LogP contribution in [-0.2, 0) is 11.0 Å². The van der Waals surface area contributed by atoms with E-state index in [9.17, 15) is 18.0 Å². The van der Waals surface area contributed by atoms with E-state index < -0.39 is 11.7 Å². The predicted molar refractivity (Wildman–Crippen MR) is 66.9 cm³/mol. The average molecular weight is 322 g/mol. The molecule has 0 bridgehead atoms. The first-order chi connectivity index (χ1) is 8.29. The van der Waals surface area contributed by atoms with Crippen LogP contribution in [0.25, 0.3) is 6.08 Å². The number of hydrogen-bond acceptors (Lipinski definition) is 1. The quantitative estimate of drug-likeness (QED) is 0.905. The molecule has 98 valence electrons. The summed E-state index contributed by atoms with van der Waals surface area (Å²) in [6.45, 7) is 1.65. The molecule has 0 fully saturated rings. The molecule has 1 aromatic carbocycles. The Labute approximate surface area is 111 Å². The van der Waals surface area contributed by atoms with Gasteiger partial charge in [0.1, 0.15) is 0 Å². The van der Waals surface area contributed by atoms with Crippen LogP contribution in [0.5, 0.6) is 0 Å². The fraction of sp³-hybridized carbons (Fsp3) is 0.250. The summed E-state index contributed by atoms with van der Waals surface area (Å²) in [5.41, 5.74) is -0.293. The second-order valence-electron chi connectivity index (χ2n) is 3.61. The lowest BCUT2D eigenvalue weighted by molar-refractivity contribution is -0.137. The number of rotatable bonds is 3. The topological polar surface area (TPSA) is 29.1 Å². The normalized spacial score (nSPS) is 11.8. The summed E-state index contributed by atoms with van der Waals surface area (Å²) in [6, 6.07) is 3.64. The van der Waals surface area contributed by atoms with Crippen molar-refractivity contribution in [3.05, 3.63) is 39.9 Å². The van der Waals surface area contributed by atoms with Gasteiger partial charge in [0.15, 0.2) is 0 Å². The SMILES string of the molecule is CC(=O)NCC=Cc1cc(Br)cc(C(F)(F)F)c1. The number of carbonyl (C=O) groups excluding carboxylic acids is 1. The number of alkyl halides is 3. The van der Waals surface area contributed by atoms with Gasteiger partial charge in [0.05, 0.1) is 5.56 Å². The van der Waals surface area contributed by atoms with E-state index in [4.69, 9.17) is 0 Å². The van der Waals surface area contributed by atoms with Crippen LogP contribution < -0.4 is 5.32 Å². The van der Waals surface area contributed by atoms with Gasteiger partial charge in [0.2, 0.25) is 5.91 Å². The molecule has 0 aliphatic rings. The fourth-order valence-corrected chi connectivity index (χ4v) is 1.78. The number of carbonyl (C=O) groups is 1. The minimum Gasteiger partial charge on any atom is -0.353 e. The standard InChI is InChI=1S/C12H11BrF3NO/c1-8(18)17-4-2-3-9-5-10(12(14,15)16)7-11(13)6-9/h2-3,5-7H,4H2,1H3,(H,17,18). The zero-order valence-corrected chi connectivity index (χ0v) is 11.1. The molecular formula is C12H11BrF3NO. The van der Waals surface area contributed by atoms with E-state index >= 15 is 0 Å². The summed E-state index contributed by atoms with van der Waals surface area (Å²) in [5, 5.41) is 2.52. The maximum absolute atomic E-state index is 12.5. The summed E-state index contributed by atoms with van der Waals surface area (Å²) < 4.78 is 38.0. The Hall–Kier alpha value is -1.30. The molecular weight excluding hydrogens is 311 g/mol. The Morgan fingerprint density at radius 1 is 1.39 bits per heavy atom. The highest BCUT2D eigenvalue weighted by Crippen LogP contribution is 2.32. The van der Waals surface area contributed by atoms with Crippen molar-refractivity contribution in [3.63, 3.8) is 0 Å². The van der Waals surface area contributed by atoms with E-state index in [0.29, 0.717) is 10.0 Å². The molecule has 2 nitrogen and oxygen atoms in total. The van der Waals surface area contributed by atoms with Crippen LogP contribution in [0.2, 0.25) is 0 Å². The Bertz CT molecular complexity index is 469. The zero-order valence-electron chi connectivity index (χ0n) is 9.51. The van der Waals surface area contributed by atoms with Gasteiger partial charge in [-0.2, -0.15) is 13.2 Å². The molecule has 0 saturated carbocycles. The Kier molecular flexibility index (Phi) is 4.95. The first-order valence-corrected chi connectivity index (χ1v) is 5.87. The molecule has 0 saturated heterocycles. The average Bonchev–Trinajstić information content (AvgIpc) is 2.22. The monoisotopic (exact) mass is 321 g/mol. The summed E-state index contributed by atoms with van der Waals surface area (Å²) in [7, 11) is 0. The third kappa shape index (κ3) is 4.91. The summed E-state index contributed by atoms with van der Waals surface area (Å²) >= 11 is 3.03. The van der Waals surface area contributed by atoms with Gasteiger partial charge in [-0.1, -0.05) is 28.1 Å². The highest BCUT2D eigenvalue weighted by Gasteiger charge is 2.30. The molecule has 1 aromatic rings. The van der Waals surface area contributed by atoms with Crippen molar-refractivity contribution >= 4 is 27.9 Å². The number of benzene rings is 1. The van der Waals surface area contributed by atoms with Crippen molar-refractivity contribution in [2.45, 2.75) is 13.1 Å². The molecule has 1 amide bonds. The van der Waals surface area contributed by atoms with Crippen molar-refractivity contribution in [1.29, 1.82) is 0 Å². The lowest BCUT2D eigenvalue weighted by Gasteiger charge is -2.08. The van der Waals surface area contributed by atoms with Crippen LogP contribution in [0.4, 0.5) is 13.2 Å². The molecule has 0 radical (unpaired) electrons. The van der Waals surface area contributed by atoms with Crippen LogP contribution in [0, 0.1) is 0 Å². The minimum absolute atomic E-state index is 0.190. The van der Waals surface area contributed by atoms with Crippen molar-refractivity contribution in [1.82, 2.24) is 5.32 Å². The van der Waals surface area contributed by atoms with Gasteiger partial charge in [-0.15, -0.1) is 0 Å². The lowest BCUT2D eigenvalue weighted by atomic mass is 10.1. The maximum atomic E-state index is 12.5. The smallest absolute Gasteiger partial charge is 0.353 e. The zero-order chi connectivity index (χ0) is 13.8. The Balaban J connectivity index is 2.84. The van der Waals surface area contributed by atoms with Crippen molar-refractivity contribution in [2.75, 3.05) is 6.54 Å².